The second-order valence-corrected chi connectivity index (χ2v) is 9.49. The minimum absolute atomic E-state index is 0.0325. The maximum atomic E-state index is 13.2. The van der Waals surface area contributed by atoms with Crippen LogP contribution in [0.5, 0.6) is 0 Å². The number of benzene rings is 2. The van der Waals surface area contributed by atoms with Crippen LogP contribution in [-0.4, -0.2) is 36.6 Å². The Morgan fingerprint density at radius 2 is 1.80 bits per heavy atom. The van der Waals surface area contributed by atoms with Crippen LogP contribution in [0.1, 0.15) is 48.0 Å². The van der Waals surface area contributed by atoms with Gasteiger partial charge in [-0.05, 0) is 44.0 Å². The van der Waals surface area contributed by atoms with Gasteiger partial charge in [-0.15, -0.1) is 0 Å². The van der Waals surface area contributed by atoms with Crippen molar-refractivity contribution < 1.29 is 18.1 Å². The summed E-state index contributed by atoms with van der Waals surface area (Å²) in [6.07, 6.45) is 4.77. The molecule has 0 atom stereocenters. The summed E-state index contributed by atoms with van der Waals surface area (Å²) in [6.45, 7) is 1.55. The van der Waals surface area contributed by atoms with Gasteiger partial charge in [-0.25, -0.2) is 8.42 Å². The van der Waals surface area contributed by atoms with E-state index in [1.165, 1.54) is 34.6 Å². The van der Waals surface area contributed by atoms with Crippen LogP contribution in [-0.2, 0) is 10.0 Å². The number of rotatable bonds is 6. The maximum Gasteiger partial charge on any atom is 0.272 e. The Labute approximate surface area is 176 Å². The van der Waals surface area contributed by atoms with E-state index in [0.29, 0.717) is 5.56 Å². The summed E-state index contributed by atoms with van der Waals surface area (Å²) in [5, 5.41) is 13.6. The molecule has 8 nitrogen and oxygen atoms in total. The van der Waals surface area contributed by atoms with Gasteiger partial charge in [-0.3, -0.25) is 14.9 Å². The van der Waals surface area contributed by atoms with Crippen molar-refractivity contribution in [2.45, 2.75) is 50.0 Å². The zero-order valence-electron chi connectivity index (χ0n) is 17.0. The summed E-state index contributed by atoms with van der Waals surface area (Å²) in [6, 6.07) is 10.3. The fraction of sp³-hybridized carbons (Fsp3) is 0.381. The first-order valence-corrected chi connectivity index (χ1v) is 11.3. The molecule has 0 spiro atoms. The topological polar surface area (TPSA) is 110 Å². The molecule has 0 unspecified atom stereocenters. The van der Waals surface area contributed by atoms with Crippen molar-refractivity contribution >= 4 is 27.3 Å². The van der Waals surface area contributed by atoms with E-state index in [9.17, 15) is 23.3 Å². The average molecular weight is 432 g/mol. The SMILES string of the molecule is Cc1cc(C(=O)Nc2ccccc2S(=O)(=O)N(C)C2CCCCC2)ccc1[N+](=O)[O-]. The van der Waals surface area contributed by atoms with Crippen LogP contribution in [0.15, 0.2) is 47.4 Å². The number of amides is 1. The number of aryl methyl sites for hydroxylation is 1. The number of sulfonamides is 1. The van der Waals surface area contributed by atoms with Gasteiger partial charge in [-0.1, -0.05) is 31.4 Å². The molecule has 3 rings (SSSR count). The molecule has 160 valence electrons. The number of carbonyl (C=O) groups excluding carboxylic acids is 1. The lowest BCUT2D eigenvalue weighted by Crippen LogP contribution is -2.38. The first-order valence-electron chi connectivity index (χ1n) is 9.85. The fourth-order valence-electron chi connectivity index (χ4n) is 3.79. The van der Waals surface area contributed by atoms with Crippen molar-refractivity contribution in [1.29, 1.82) is 0 Å². The monoisotopic (exact) mass is 431 g/mol. The fourth-order valence-corrected chi connectivity index (χ4v) is 5.35. The summed E-state index contributed by atoms with van der Waals surface area (Å²) < 4.78 is 27.9. The molecule has 1 fully saturated rings. The molecular formula is C21H25N3O5S. The highest BCUT2D eigenvalue weighted by molar-refractivity contribution is 7.89. The summed E-state index contributed by atoms with van der Waals surface area (Å²) >= 11 is 0. The predicted octanol–water partition coefficient (Wildman–Crippen LogP) is 4.11. The minimum Gasteiger partial charge on any atom is -0.321 e. The molecule has 1 N–H and O–H groups in total. The molecular weight excluding hydrogens is 406 g/mol. The van der Waals surface area contributed by atoms with Crippen LogP contribution in [0.25, 0.3) is 0 Å². The van der Waals surface area contributed by atoms with Gasteiger partial charge < -0.3 is 5.32 Å². The van der Waals surface area contributed by atoms with Gasteiger partial charge in [0, 0.05) is 30.3 Å². The summed E-state index contributed by atoms with van der Waals surface area (Å²) in [4.78, 5) is 23.2. The van der Waals surface area contributed by atoms with Crippen molar-refractivity contribution in [1.82, 2.24) is 4.31 Å². The van der Waals surface area contributed by atoms with Gasteiger partial charge in [0.2, 0.25) is 10.0 Å². The third-order valence-corrected chi connectivity index (χ3v) is 7.51. The van der Waals surface area contributed by atoms with Gasteiger partial charge in [0.05, 0.1) is 10.6 Å². The van der Waals surface area contributed by atoms with Gasteiger partial charge in [-0.2, -0.15) is 4.31 Å². The van der Waals surface area contributed by atoms with Gasteiger partial charge in [0.25, 0.3) is 11.6 Å². The molecule has 1 saturated carbocycles. The molecule has 1 amide bonds. The Hall–Kier alpha value is -2.78. The number of hydrogen-bond donors (Lipinski definition) is 1. The number of para-hydroxylation sites is 1. The quantitative estimate of drug-likeness (QED) is 0.547. The molecule has 0 aliphatic heterocycles. The van der Waals surface area contributed by atoms with E-state index in [-0.39, 0.29) is 27.9 Å². The predicted molar refractivity (Wildman–Crippen MR) is 114 cm³/mol. The van der Waals surface area contributed by atoms with E-state index in [1.807, 2.05) is 0 Å². The lowest BCUT2D eigenvalue weighted by Gasteiger charge is -2.30. The van der Waals surface area contributed by atoms with E-state index >= 15 is 0 Å². The number of nitro benzene ring substituents is 1. The van der Waals surface area contributed by atoms with Crippen LogP contribution in [0.3, 0.4) is 0 Å². The molecule has 0 aromatic heterocycles. The Morgan fingerprint density at radius 1 is 1.13 bits per heavy atom. The van der Waals surface area contributed by atoms with Crippen molar-refractivity contribution in [2.75, 3.05) is 12.4 Å². The van der Waals surface area contributed by atoms with Crippen LogP contribution >= 0.6 is 0 Å². The van der Waals surface area contributed by atoms with Gasteiger partial charge >= 0.3 is 0 Å². The highest BCUT2D eigenvalue weighted by Crippen LogP contribution is 2.30. The zero-order valence-corrected chi connectivity index (χ0v) is 17.8. The zero-order chi connectivity index (χ0) is 21.9. The maximum absolute atomic E-state index is 13.2. The van der Waals surface area contributed by atoms with Gasteiger partial charge in [0.1, 0.15) is 4.90 Å². The molecule has 0 heterocycles. The molecule has 1 aliphatic carbocycles. The highest BCUT2D eigenvalue weighted by atomic mass is 32.2. The Bertz CT molecular complexity index is 1060. The Kier molecular flexibility index (Phi) is 6.52. The third kappa shape index (κ3) is 4.52. The standard InChI is InChI=1S/C21H25N3O5S/c1-15-14-16(12-13-19(15)24(26)27)21(25)22-18-10-6-7-11-20(18)30(28,29)23(2)17-8-4-3-5-9-17/h6-7,10-14,17H,3-5,8-9H2,1-2H3,(H,22,25). The molecule has 0 saturated heterocycles. The highest BCUT2D eigenvalue weighted by Gasteiger charge is 2.31. The summed E-state index contributed by atoms with van der Waals surface area (Å²) in [5.74, 6) is -0.532. The van der Waals surface area contributed by atoms with Crippen LogP contribution in [0.4, 0.5) is 11.4 Å². The first kappa shape index (κ1) is 21.9. The number of anilines is 1. The summed E-state index contributed by atoms with van der Waals surface area (Å²) in [7, 11) is -2.21. The van der Waals surface area contributed by atoms with E-state index in [2.05, 4.69) is 5.32 Å². The number of hydrogen-bond acceptors (Lipinski definition) is 5. The second kappa shape index (κ2) is 8.93. The van der Waals surface area contributed by atoms with E-state index < -0.39 is 20.9 Å². The van der Waals surface area contributed by atoms with Crippen molar-refractivity contribution in [2.24, 2.45) is 0 Å². The smallest absolute Gasteiger partial charge is 0.272 e. The van der Waals surface area contributed by atoms with Crippen molar-refractivity contribution in [3.63, 3.8) is 0 Å². The van der Waals surface area contributed by atoms with Crippen LogP contribution in [0.2, 0.25) is 0 Å². The number of nitrogens with one attached hydrogen (secondary N) is 1. The minimum atomic E-state index is -3.79. The molecule has 30 heavy (non-hydrogen) atoms. The van der Waals surface area contributed by atoms with E-state index in [1.54, 1.807) is 26.1 Å². The molecule has 2 aromatic carbocycles. The first-order chi connectivity index (χ1) is 14.2. The molecule has 0 bridgehead atoms. The van der Waals surface area contributed by atoms with E-state index in [0.717, 1.165) is 32.1 Å². The van der Waals surface area contributed by atoms with Crippen LogP contribution in [0, 0.1) is 17.0 Å². The second-order valence-electron chi connectivity index (χ2n) is 7.52. The Morgan fingerprint density at radius 3 is 2.43 bits per heavy atom. The summed E-state index contributed by atoms with van der Waals surface area (Å²) in [5.41, 5.74) is 0.668. The molecule has 1 aliphatic rings. The normalized spacial score (nSPS) is 15.2. The lowest BCUT2D eigenvalue weighted by molar-refractivity contribution is -0.385. The largest absolute Gasteiger partial charge is 0.321 e. The average Bonchev–Trinajstić information content (AvgIpc) is 2.73. The number of carbonyl (C=O) groups is 1. The molecule has 0 radical (unpaired) electrons. The lowest BCUT2D eigenvalue weighted by atomic mass is 9.96. The van der Waals surface area contributed by atoms with Gasteiger partial charge in [0.15, 0.2) is 0 Å². The molecule has 9 heteroatoms. The van der Waals surface area contributed by atoms with Crippen LogP contribution < -0.4 is 5.32 Å². The third-order valence-electron chi connectivity index (χ3n) is 5.54. The van der Waals surface area contributed by atoms with Crippen molar-refractivity contribution in [3.05, 3.63) is 63.7 Å². The number of nitro groups is 1. The van der Waals surface area contributed by atoms with E-state index in [4.69, 9.17) is 0 Å². The van der Waals surface area contributed by atoms with Crippen molar-refractivity contribution in [3.8, 4) is 0 Å². The molecule has 2 aromatic rings. The number of nitrogens with zero attached hydrogens (tertiary/aromatic N) is 2. The Balaban J connectivity index is 1.87.